The fraction of sp³-hybridized carbons (Fsp3) is 0.545. The number of aryl methyl sites for hydroxylation is 1. The maximum Gasteiger partial charge on any atom is 0.326 e. The van der Waals surface area contributed by atoms with Gasteiger partial charge in [-0.15, -0.1) is 11.3 Å². The molecule has 0 spiro atoms. The third-order valence-corrected chi connectivity index (χ3v) is 3.91. The molecule has 0 saturated carbocycles. The molecule has 2 rings (SSSR count). The first-order valence-corrected chi connectivity index (χ1v) is 6.30. The average Bonchev–Trinajstić information content (AvgIpc) is 2.82. The summed E-state index contributed by atoms with van der Waals surface area (Å²) in [6.45, 7) is 4.01. The molecule has 92 valence electrons. The van der Waals surface area contributed by atoms with E-state index in [1.165, 1.54) is 18.3 Å². The van der Waals surface area contributed by atoms with Gasteiger partial charge < -0.3 is 10.0 Å². The number of aromatic nitrogens is 1. The van der Waals surface area contributed by atoms with Gasteiger partial charge in [-0.05, 0) is 19.8 Å². The summed E-state index contributed by atoms with van der Waals surface area (Å²) in [7, 11) is 0. The summed E-state index contributed by atoms with van der Waals surface area (Å²) < 4.78 is 0. The summed E-state index contributed by atoms with van der Waals surface area (Å²) in [5, 5.41) is 9.75. The van der Waals surface area contributed by atoms with E-state index in [4.69, 9.17) is 5.11 Å². The number of carboxylic acid groups (broad SMARTS) is 1. The molecule has 1 unspecified atom stereocenters. The van der Waals surface area contributed by atoms with Crippen molar-refractivity contribution in [2.75, 3.05) is 11.4 Å². The number of anilines is 1. The van der Waals surface area contributed by atoms with Crippen molar-refractivity contribution in [2.45, 2.75) is 32.7 Å². The molecule has 5 nitrogen and oxygen atoms in total. The number of ketones is 1. The number of aliphatic carboxylic acids is 1. The third kappa shape index (κ3) is 2.17. The highest BCUT2D eigenvalue weighted by atomic mass is 32.1. The Balaban J connectivity index is 2.31. The van der Waals surface area contributed by atoms with E-state index in [1.807, 2.05) is 6.92 Å². The molecule has 0 aromatic carbocycles. The summed E-state index contributed by atoms with van der Waals surface area (Å²) in [5.41, 5.74) is 0.459. The van der Waals surface area contributed by atoms with Gasteiger partial charge in [-0.25, -0.2) is 9.78 Å². The smallest absolute Gasteiger partial charge is 0.326 e. The van der Waals surface area contributed by atoms with E-state index in [-0.39, 0.29) is 5.78 Å². The summed E-state index contributed by atoms with van der Waals surface area (Å²) in [6, 6.07) is -0.500. The number of nitrogens with zero attached hydrogens (tertiary/aromatic N) is 2. The summed E-state index contributed by atoms with van der Waals surface area (Å²) in [6.07, 6.45) is 1.49. The van der Waals surface area contributed by atoms with Crippen molar-refractivity contribution in [3.8, 4) is 0 Å². The van der Waals surface area contributed by atoms with Gasteiger partial charge in [0.15, 0.2) is 10.9 Å². The van der Waals surface area contributed by atoms with Gasteiger partial charge in [0, 0.05) is 18.3 Å². The number of Topliss-reactive ketones (excluding diaryl/α,β-unsaturated/α-hetero) is 1. The van der Waals surface area contributed by atoms with Crippen LogP contribution in [0.25, 0.3) is 0 Å². The van der Waals surface area contributed by atoms with Crippen LogP contribution < -0.4 is 4.90 Å². The first kappa shape index (κ1) is 12.0. The minimum atomic E-state index is -0.820. The second-order valence-electron chi connectivity index (χ2n) is 4.15. The molecule has 1 aliphatic rings. The van der Waals surface area contributed by atoms with Gasteiger partial charge in [0.05, 0.1) is 0 Å². The topological polar surface area (TPSA) is 70.5 Å². The van der Waals surface area contributed by atoms with Crippen molar-refractivity contribution in [1.29, 1.82) is 0 Å². The molecular formula is C11H14N2O3S. The number of carbonyl (C=O) groups excluding carboxylic acids is 1. The van der Waals surface area contributed by atoms with Crippen LogP contribution in [-0.4, -0.2) is 34.4 Å². The quantitative estimate of drug-likeness (QED) is 0.831. The van der Waals surface area contributed by atoms with Gasteiger partial charge in [0.2, 0.25) is 0 Å². The molecule has 0 aliphatic carbocycles. The molecule has 0 bridgehead atoms. The van der Waals surface area contributed by atoms with Crippen molar-refractivity contribution in [3.63, 3.8) is 0 Å². The van der Waals surface area contributed by atoms with Crippen molar-refractivity contribution in [1.82, 2.24) is 4.98 Å². The highest BCUT2D eigenvalue weighted by molar-refractivity contribution is 7.15. The molecule has 1 saturated heterocycles. The normalized spacial score (nSPS) is 19.6. The van der Waals surface area contributed by atoms with E-state index >= 15 is 0 Å². The molecule has 1 atom stereocenters. The van der Waals surface area contributed by atoms with Crippen LogP contribution in [0.15, 0.2) is 0 Å². The molecule has 1 aliphatic heterocycles. The van der Waals surface area contributed by atoms with Crippen LogP contribution in [-0.2, 0) is 4.79 Å². The van der Waals surface area contributed by atoms with Crippen molar-refractivity contribution in [3.05, 3.63) is 10.6 Å². The van der Waals surface area contributed by atoms with Gasteiger partial charge in [0.25, 0.3) is 0 Å². The predicted molar refractivity (Wildman–Crippen MR) is 64.9 cm³/mol. The Bertz CT molecular complexity index is 469. The lowest BCUT2D eigenvalue weighted by Gasteiger charge is -2.19. The molecule has 6 heteroatoms. The van der Waals surface area contributed by atoms with Gasteiger partial charge in [-0.3, -0.25) is 4.79 Å². The predicted octanol–water partition coefficient (Wildman–Crippen LogP) is 1.71. The SMILES string of the molecule is CC(=O)c1nc(N2CCCC2C(=O)O)sc1C. The van der Waals surface area contributed by atoms with Crippen LogP contribution in [0.1, 0.15) is 35.1 Å². The molecule has 0 radical (unpaired) electrons. The van der Waals surface area contributed by atoms with Crippen LogP contribution >= 0.6 is 11.3 Å². The Morgan fingerprint density at radius 3 is 2.76 bits per heavy atom. The maximum absolute atomic E-state index is 11.3. The zero-order chi connectivity index (χ0) is 12.6. The molecule has 2 heterocycles. The lowest BCUT2D eigenvalue weighted by atomic mass is 10.2. The lowest BCUT2D eigenvalue weighted by Crippen LogP contribution is -2.35. The van der Waals surface area contributed by atoms with E-state index in [0.29, 0.717) is 23.8 Å². The van der Waals surface area contributed by atoms with E-state index in [1.54, 1.807) is 4.90 Å². The Morgan fingerprint density at radius 1 is 1.53 bits per heavy atom. The van der Waals surface area contributed by atoms with Crippen LogP contribution in [0.2, 0.25) is 0 Å². The second kappa shape index (κ2) is 4.44. The highest BCUT2D eigenvalue weighted by Crippen LogP contribution is 2.31. The minimum Gasteiger partial charge on any atom is -0.480 e. The number of thiazole rings is 1. The molecule has 1 N–H and O–H groups in total. The van der Waals surface area contributed by atoms with Gasteiger partial charge in [0.1, 0.15) is 11.7 Å². The third-order valence-electron chi connectivity index (χ3n) is 2.90. The highest BCUT2D eigenvalue weighted by Gasteiger charge is 2.32. The first-order chi connectivity index (χ1) is 8.00. The Hall–Kier alpha value is -1.43. The van der Waals surface area contributed by atoms with Crippen molar-refractivity contribution >= 4 is 28.2 Å². The monoisotopic (exact) mass is 254 g/mol. The summed E-state index contributed by atoms with van der Waals surface area (Å²) in [4.78, 5) is 29.3. The fourth-order valence-corrected chi connectivity index (χ4v) is 3.12. The van der Waals surface area contributed by atoms with E-state index in [2.05, 4.69) is 4.98 Å². The minimum absolute atomic E-state index is 0.0731. The lowest BCUT2D eigenvalue weighted by molar-refractivity contribution is -0.138. The fourth-order valence-electron chi connectivity index (χ4n) is 2.08. The van der Waals surface area contributed by atoms with Crippen LogP contribution in [0, 0.1) is 6.92 Å². The molecule has 1 fully saturated rings. The van der Waals surface area contributed by atoms with Crippen molar-refractivity contribution < 1.29 is 14.7 Å². The van der Waals surface area contributed by atoms with E-state index in [0.717, 1.165) is 11.3 Å². The molecule has 1 aromatic rings. The van der Waals surface area contributed by atoms with Crippen LogP contribution in [0.4, 0.5) is 5.13 Å². The number of hydrogen-bond donors (Lipinski definition) is 1. The maximum atomic E-state index is 11.3. The van der Waals surface area contributed by atoms with Crippen LogP contribution in [0.3, 0.4) is 0 Å². The summed E-state index contributed by atoms with van der Waals surface area (Å²) in [5.74, 6) is -0.893. The van der Waals surface area contributed by atoms with Crippen LogP contribution in [0.5, 0.6) is 0 Å². The Labute approximate surface area is 103 Å². The molecule has 0 amide bonds. The standard InChI is InChI=1S/C11H14N2O3S/c1-6(14)9-7(2)17-11(12-9)13-5-3-4-8(13)10(15)16/h8H,3-5H2,1-2H3,(H,15,16). The summed E-state index contributed by atoms with van der Waals surface area (Å²) >= 11 is 1.39. The number of carboxylic acids is 1. The van der Waals surface area contributed by atoms with E-state index < -0.39 is 12.0 Å². The van der Waals surface area contributed by atoms with E-state index in [9.17, 15) is 9.59 Å². The van der Waals surface area contributed by atoms with Gasteiger partial charge in [-0.2, -0.15) is 0 Å². The second-order valence-corrected chi connectivity index (χ2v) is 5.33. The molecule has 1 aromatic heterocycles. The largest absolute Gasteiger partial charge is 0.480 e. The zero-order valence-electron chi connectivity index (χ0n) is 9.77. The number of carbonyl (C=O) groups is 2. The van der Waals surface area contributed by atoms with Gasteiger partial charge in [-0.1, -0.05) is 0 Å². The molecule has 17 heavy (non-hydrogen) atoms. The Kier molecular flexibility index (Phi) is 3.15. The first-order valence-electron chi connectivity index (χ1n) is 5.48. The van der Waals surface area contributed by atoms with Crippen molar-refractivity contribution in [2.24, 2.45) is 0 Å². The molecular weight excluding hydrogens is 240 g/mol. The average molecular weight is 254 g/mol. The number of hydrogen-bond acceptors (Lipinski definition) is 5. The van der Waals surface area contributed by atoms with Gasteiger partial charge >= 0.3 is 5.97 Å². The number of rotatable bonds is 3. The Morgan fingerprint density at radius 2 is 2.24 bits per heavy atom. The zero-order valence-corrected chi connectivity index (χ0v) is 10.6.